The highest BCUT2D eigenvalue weighted by molar-refractivity contribution is 6.05. The number of aliphatic imine (C=N–C) groups is 1. The number of nitrogens with zero attached hydrogens (tertiary/aromatic N) is 2. The summed E-state index contributed by atoms with van der Waals surface area (Å²) in [5.74, 6) is 0.785. The van der Waals surface area contributed by atoms with Gasteiger partial charge in [0.15, 0.2) is 0 Å². The minimum atomic E-state index is -0.200. The summed E-state index contributed by atoms with van der Waals surface area (Å²) in [4.78, 5) is 21.3. The van der Waals surface area contributed by atoms with Crippen molar-refractivity contribution in [2.45, 2.75) is 31.8 Å². The molecule has 5 rings (SSSR count). The van der Waals surface area contributed by atoms with Crippen LogP contribution >= 0.6 is 0 Å². The van der Waals surface area contributed by atoms with Gasteiger partial charge in [-0.25, -0.2) is 4.99 Å². The number of rotatable bonds is 3. The van der Waals surface area contributed by atoms with Crippen LogP contribution in [0.5, 0.6) is 5.75 Å². The van der Waals surface area contributed by atoms with E-state index in [-0.39, 0.29) is 23.7 Å². The number of benzene rings is 1. The number of phenols is 1. The molecule has 2 aliphatic heterocycles. The molecule has 1 amide bonds. The maximum Gasteiger partial charge on any atom is 0.220 e. The Kier molecular flexibility index (Phi) is 4.01. The first-order valence-electron chi connectivity index (χ1n) is 9.93. The van der Waals surface area contributed by atoms with E-state index in [9.17, 15) is 9.90 Å². The third kappa shape index (κ3) is 2.83. The molecule has 0 bridgehead atoms. The average molecular weight is 392 g/mol. The van der Waals surface area contributed by atoms with Crippen molar-refractivity contribution in [2.75, 3.05) is 0 Å². The Hall–Kier alpha value is -3.42. The number of aromatic amines is 1. The highest BCUT2D eigenvalue weighted by atomic mass is 16.3. The van der Waals surface area contributed by atoms with E-state index in [1.807, 2.05) is 24.4 Å². The number of nitrogens with one attached hydrogen (secondary N) is 2. The fourth-order valence-corrected chi connectivity index (χ4v) is 4.77. The molecule has 0 spiro atoms. The highest BCUT2D eigenvalue weighted by Crippen LogP contribution is 2.39. The number of para-hydroxylation sites is 1. The summed E-state index contributed by atoms with van der Waals surface area (Å²) in [6.07, 6.45) is 7.13. The van der Waals surface area contributed by atoms with Crippen LogP contribution in [0.4, 0.5) is 0 Å². The zero-order valence-corrected chi connectivity index (χ0v) is 15.9. The summed E-state index contributed by atoms with van der Waals surface area (Å²) in [5, 5.41) is 14.7. The van der Waals surface area contributed by atoms with E-state index in [1.165, 1.54) is 0 Å². The summed E-state index contributed by atoms with van der Waals surface area (Å²) in [6.45, 7) is 0. The Labute approximate surface area is 168 Å². The molecule has 0 radical (unpaired) electrons. The summed E-state index contributed by atoms with van der Waals surface area (Å²) in [5.41, 5.74) is 15.0. The van der Waals surface area contributed by atoms with Crippen LogP contribution in [-0.2, 0) is 4.79 Å². The number of amidine groups is 1. The second-order valence-electron chi connectivity index (χ2n) is 7.97. The molecule has 2 aromatic rings. The Balaban J connectivity index is 1.49. The summed E-state index contributed by atoms with van der Waals surface area (Å²) >= 11 is 0. The van der Waals surface area contributed by atoms with Crippen molar-refractivity contribution in [3.05, 3.63) is 48.1 Å². The molecule has 8 heteroatoms. The van der Waals surface area contributed by atoms with Gasteiger partial charge < -0.3 is 31.8 Å². The van der Waals surface area contributed by atoms with E-state index in [2.05, 4.69) is 20.2 Å². The van der Waals surface area contributed by atoms with Crippen LogP contribution < -0.4 is 16.8 Å². The zero-order valence-electron chi connectivity index (χ0n) is 15.9. The topological polar surface area (TPSA) is 133 Å². The molecule has 29 heavy (non-hydrogen) atoms. The Bertz CT molecular complexity index is 1070. The predicted molar refractivity (Wildman–Crippen MR) is 111 cm³/mol. The Morgan fingerprint density at radius 2 is 2.03 bits per heavy atom. The lowest BCUT2D eigenvalue weighted by molar-refractivity contribution is -0.123. The third-order valence-corrected chi connectivity index (χ3v) is 6.29. The summed E-state index contributed by atoms with van der Waals surface area (Å²) < 4.78 is 0. The molecule has 1 saturated carbocycles. The van der Waals surface area contributed by atoms with Gasteiger partial charge in [0.25, 0.3) is 0 Å². The van der Waals surface area contributed by atoms with Crippen LogP contribution in [0, 0.1) is 11.8 Å². The predicted octanol–water partition coefficient (Wildman–Crippen LogP) is 1.91. The SMILES string of the molecule is NC(=O)C1CCC(C2NC(c3cc4cccc(O)c4[nH]3)=C3C(N)=NC=CN32)CC1. The van der Waals surface area contributed by atoms with Gasteiger partial charge in [0.2, 0.25) is 5.91 Å². The lowest BCUT2D eigenvalue weighted by Crippen LogP contribution is -2.44. The van der Waals surface area contributed by atoms with Crippen LogP contribution in [-0.4, -0.2) is 32.9 Å². The smallest absolute Gasteiger partial charge is 0.220 e. The van der Waals surface area contributed by atoms with Crippen molar-refractivity contribution in [1.82, 2.24) is 15.2 Å². The molecule has 1 aromatic heterocycles. The lowest BCUT2D eigenvalue weighted by Gasteiger charge is -2.36. The largest absolute Gasteiger partial charge is 0.506 e. The second-order valence-corrected chi connectivity index (χ2v) is 7.97. The van der Waals surface area contributed by atoms with Crippen molar-refractivity contribution in [3.63, 3.8) is 0 Å². The zero-order chi connectivity index (χ0) is 20.1. The molecule has 3 aliphatic rings. The normalized spacial score (nSPS) is 26.4. The van der Waals surface area contributed by atoms with E-state index in [0.717, 1.165) is 48.2 Å². The molecule has 1 unspecified atom stereocenters. The first kappa shape index (κ1) is 17.7. The van der Waals surface area contributed by atoms with Crippen molar-refractivity contribution in [1.29, 1.82) is 0 Å². The monoisotopic (exact) mass is 392 g/mol. The van der Waals surface area contributed by atoms with Gasteiger partial charge in [0.1, 0.15) is 23.4 Å². The van der Waals surface area contributed by atoms with Crippen LogP contribution in [0.1, 0.15) is 31.4 Å². The molecule has 8 nitrogen and oxygen atoms in total. The maximum absolute atomic E-state index is 11.5. The number of H-pyrrole nitrogens is 1. The van der Waals surface area contributed by atoms with Gasteiger partial charge in [-0.2, -0.15) is 0 Å². The number of hydrogen-bond acceptors (Lipinski definition) is 6. The first-order valence-corrected chi connectivity index (χ1v) is 9.93. The number of primary amides is 1. The van der Waals surface area contributed by atoms with Crippen molar-refractivity contribution in [2.24, 2.45) is 28.3 Å². The van der Waals surface area contributed by atoms with Crippen LogP contribution in [0.2, 0.25) is 0 Å². The van der Waals surface area contributed by atoms with Crippen molar-refractivity contribution in [3.8, 4) is 5.75 Å². The molecule has 0 saturated heterocycles. The molecule has 1 aromatic carbocycles. The molecular weight excluding hydrogens is 368 g/mol. The minimum absolute atomic E-state index is 0.0270. The summed E-state index contributed by atoms with van der Waals surface area (Å²) in [6, 6.07) is 7.43. The standard InChI is InChI=1S/C21H24N6O2/c22-19-18-17(14-10-13-2-1-3-15(28)16(13)25-14)26-21(27(18)9-8-24-19)12-6-4-11(5-7-12)20(23)29/h1-3,8-12,21,25-26,28H,4-7H2,(H2,22,24)(H2,23,29). The van der Waals surface area contributed by atoms with Gasteiger partial charge >= 0.3 is 0 Å². The maximum atomic E-state index is 11.5. The van der Waals surface area contributed by atoms with Crippen LogP contribution in [0.3, 0.4) is 0 Å². The van der Waals surface area contributed by atoms with E-state index >= 15 is 0 Å². The number of carbonyl (C=O) groups excluding carboxylic acids is 1. The molecule has 150 valence electrons. The second kappa shape index (κ2) is 6.58. The number of carbonyl (C=O) groups is 1. The van der Waals surface area contributed by atoms with Gasteiger partial charge in [0.05, 0.1) is 16.9 Å². The molecule has 1 aliphatic carbocycles. The van der Waals surface area contributed by atoms with Crippen molar-refractivity contribution >= 4 is 28.3 Å². The highest BCUT2D eigenvalue weighted by Gasteiger charge is 2.40. The van der Waals surface area contributed by atoms with Gasteiger partial charge in [0, 0.05) is 23.7 Å². The molecule has 7 N–H and O–H groups in total. The van der Waals surface area contributed by atoms with Crippen LogP contribution in [0.15, 0.2) is 47.4 Å². The van der Waals surface area contributed by atoms with E-state index in [0.29, 0.717) is 17.3 Å². The average Bonchev–Trinajstić information content (AvgIpc) is 3.31. The van der Waals surface area contributed by atoms with Gasteiger partial charge in [-0.15, -0.1) is 0 Å². The van der Waals surface area contributed by atoms with Gasteiger partial charge in [-0.1, -0.05) is 12.1 Å². The quantitative estimate of drug-likeness (QED) is 0.544. The Morgan fingerprint density at radius 1 is 1.24 bits per heavy atom. The van der Waals surface area contributed by atoms with E-state index in [1.54, 1.807) is 12.3 Å². The number of phenolic OH excluding ortho intramolecular Hbond substituents is 1. The number of nitrogens with two attached hydrogens (primary N) is 2. The number of aromatic hydroxyl groups is 1. The number of aromatic nitrogens is 1. The molecule has 1 fully saturated rings. The van der Waals surface area contributed by atoms with E-state index in [4.69, 9.17) is 11.5 Å². The van der Waals surface area contributed by atoms with E-state index < -0.39 is 0 Å². The third-order valence-electron chi connectivity index (χ3n) is 6.29. The molecule has 1 atom stereocenters. The number of amides is 1. The lowest BCUT2D eigenvalue weighted by atomic mass is 9.80. The minimum Gasteiger partial charge on any atom is -0.506 e. The van der Waals surface area contributed by atoms with Crippen LogP contribution in [0.25, 0.3) is 16.6 Å². The summed E-state index contributed by atoms with van der Waals surface area (Å²) in [7, 11) is 0. The number of fused-ring (bicyclic) bond motifs is 2. The molecule has 3 heterocycles. The molecular formula is C21H24N6O2. The fourth-order valence-electron chi connectivity index (χ4n) is 4.77. The van der Waals surface area contributed by atoms with Gasteiger partial charge in [-0.3, -0.25) is 4.79 Å². The van der Waals surface area contributed by atoms with Crippen molar-refractivity contribution < 1.29 is 9.90 Å². The Morgan fingerprint density at radius 3 is 2.76 bits per heavy atom. The fraction of sp³-hybridized carbons (Fsp3) is 0.333. The first-order chi connectivity index (χ1) is 14.0. The van der Waals surface area contributed by atoms with Gasteiger partial charge in [-0.05, 0) is 43.7 Å². The number of hydrogen-bond donors (Lipinski definition) is 5.